The van der Waals surface area contributed by atoms with Crippen LogP contribution in [0.3, 0.4) is 0 Å². The first-order valence-electron chi connectivity index (χ1n) is 10.00. The number of aryl methyl sites for hydroxylation is 1. The third-order valence-corrected chi connectivity index (χ3v) is 6.17. The normalized spacial score (nSPS) is 17.3. The Morgan fingerprint density at radius 1 is 1.31 bits per heavy atom. The summed E-state index contributed by atoms with van der Waals surface area (Å²) in [5.41, 5.74) is 3.40. The third-order valence-electron chi connectivity index (χ3n) is 5.28. The van der Waals surface area contributed by atoms with Gasteiger partial charge in [-0.2, -0.15) is 0 Å². The van der Waals surface area contributed by atoms with Gasteiger partial charge in [0.15, 0.2) is 0 Å². The van der Waals surface area contributed by atoms with Gasteiger partial charge in [0.05, 0.1) is 32.0 Å². The molecule has 2 aromatic rings. The largest absolute Gasteiger partial charge is 0.379 e. The number of ether oxygens (including phenoxy) is 1. The third kappa shape index (κ3) is 5.01. The fraction of sp³-hybridized carbons (Fsp3) is 0.476. The molecular formula is C21H26N4O3S. The van der Waals surface area contributed by atoms with Crippen molar-refractivity contribution < 1.29 is 14.3 Å². The molecule has 1 aromatic heterocycles. The molecule has 2 aliphatic rings. The Balaban J connectivity index is 1.38. The molecule has 7 nitrogen and oxygen atoms in total. The quantitative estimate of drug-likeness (QED) is 0.814. The van der Waals surface area contributed by atoms with Crippen molar-refractivity contribution in [3.05, 3.63) is 45.4 Å². The van der Waals surface area contributed by atoms with Crippen LogP contribution in [0.2, 0.25) is 0 Å². The highest BCUT2D eigenvalue weighted by atomic mass is 32.1. The van der Waals surface area contributed by atoms with Crippen molar-refractivity contribution in [1.82, 2.24) is 14.8 Å². The highest BCUT2D eigenvalue weighted by Gasteiger charge is 2.19. The number of nitrogens with zero attached hydrogens (tertiary/aromatic N) is 3. The lowest BCUT2D eigenvalue weighted by atomic mass is 10.0. The molecule has 2 amide bonds. The van der Waals surface area contributed by atoms with E-state index in [1.165, 1.54) is 0 Å². The molecule has 0 bridgehead atoms. The molecule has 0 atom stereocenters. The van der Waals surface area contributed by atoms with Crippen LogP contribution in [-0.2, 0) is 29.0 Å². The number of aromatic nitrogens is 1. The van der Waals surface area contributed by atoms with E-state index in [1.54, 1.807) is 29.4 Å². The zero-order chi connectivity index (χ0) is 20.2. The summed E-state index contributed by atoms with van der Waals surface area (Å²) in [6, 6.07) is 5.53. The summed E-state index contributed by atoms with van der Waals surface area (Å²) in [7, 11) is 1.80. The monoisotopic (exact) mass is 414 g/mol. The lowest BCUT2D eigenvalue weighted by Crippen LogP contribution is -2.35. The van der Waals surface area contributed by atoms with E-state index >= 15 is 0 Å². The average Bonchev–Trinajstić information content (AvgIpc) is 3.06. The summed E-state index contributed by atoms with van der Waals surface area (Å²) in [5, 5.41) is 6.02. The maximum atomic E-state index is 12.9. The zero-order valence-corrected chi connectivity index (χ0v) is 17.5. The minimum Gasteiger partial charge on any atom is -0.379 e. The van der Waals surface area contributed by atoms with Crippen molar-refractivity contribution >= 4 is 28.8 Å². The average molecular weight is 415 g/mol. The lowest BCUT2D eigenvalue weighted by molar-refractivity contribution is -0.116. The van der Waals surface area contributed by atoms with Crippen LogP contribution in [0.5, 0.6) is 0 Å². The highest BCUT2D eigenvalue weighted by Crippen LogP contribution is 2.24. The van der Waals surface area contributed by atoms with Gasteiger partial charge < -0.3 is 15.0 Å². The number of carbonyl (C=O) groups excluding carboxylic acids is 2. The summed E-state index contributed by atoms with van der Waals surface area (Å²) in [5.74, 6) is 0.00228. The molecule has 1 saturated heterocycles. The first kappa shape index (κ1) is 20.0. The molecule has 1 fully saturated rings. The van der Waals surface area contributed by atoms with Gasteiger partial charge in [-0.25, -0.2) is 4.98 Å². The molecule has 1 aromatic carbocycles. The maximum Gasteiger partial charge on any atom is 0.253 e. The predicted molar refractivity (Wildman–Crippen MR) is 112 cm³/mol. The number of hydrogen-bond donors (Lipinski definition) is 1. The maximum absolute atomic E-state index is 12.9. The van der Waals surface area contributed by atoms with Crippen molar-refractivity contribution in [1.29, 1.82) is 0 Å². The number of rotatable bonds is 5. The van der Waals surface area contributed by atoms with Gasteiger partial charge in [-0.3, -0.25) is 14.5 Å². The number of carbonyl (C=O) groups is 2. The van der Waals surface area contributed by atoms with Gasteiger partial charge in [0.1, 0.15) is 5.01 Å². The second-order valence-electron chi connectivity index (χ2n) is 7.56. The summed E-state index contributed by atoms with van der Waals surface area (Å²) < 4.78 is 5.39. The first-order chi connectivity index (χ1) is 14.1. The summed E-state index contributed by atoms with van der Waals surface area (Å²) in [6.45, 7) is 4.74. The molecular weight excluding hydrogens is 388 g/mol. The van der Waals surface area contributed by atoms with Crippen LogP contribution in [0.25, 0.3) is 0 Å². The summed E-state index contributed by atoms with van der Waals surface area (Å²) in [4.78, 5) is 33.4. The van der Waals surface area contributed by atoms with E-state index in [9.17, 15) is 9.59 Å². The van der Waals surface area contributed by atoms with Crippen LogP contribution in [0.4, 0.5) is 5.69 Å². The number of morpholine rings is 1. The number of hydrogen-bond acceptors (Lipinski definition) is 6. The Morgan fingerprint density at radius 3 is 2.97 bits per heavy atom. The molecule has 8 heteroatoms. The molecule has 0 radical (unpaired) electrons. The molecule has 0 saturated carbocycles. The van der Waals surface area contributed by atoms with E-state index in [1.807, 2.05) is 17.5 Å². The van der Waals surface area contributed by atoms with Gasteiger partial charge in [0.2, 0.25) is 5.91 Å². The van der Waals surface area contributed by atoms with Crippen LogP contribution in [0.1, 0.15) is 39.5 Å². The van der Waals surface area contributed by atoms with Crippen molar-refractivity contribution in [2.45, 2.75) is 32.4 Å². The SMILES string of the molecule is CN(Cc1csc(CN2CCOCC2)n1)C(=O)c1ccc2c(c1)CCCC(=O)N2. The van der Waals surface area contributed by atoms with E-state index < -0.39 is 0 Å². The van der Waals surface area contributed by atoms with Gasteiger partial charge in [-0.15, -0.1) is 11.3 Å². The molecule has 3 heterocycles. The fourth-order valence-corrected chi connectivity index (χ4v) is 4.51. The van der Waals surface area contributed by atoms with Crippen LogP contribution in [0, 0.1) is 0 Å². The van der Waals surface area contributed by atoms with E-state index in [0.29, 0.717) is 18.5 Å². The highest BCUT2D eigenvalue weighted by molar-refractivity contribution is 7.09. The Labute approximate surface area is 174 Å². The Kier molecular flexibility index (Phi) is 6.22. The molecule has 29 heavy (non-hydrogen) atoms. The Morgan fingerprint density at radius 2 is 2.14 bits per heavy atom. The number of thiazole rings is 1. The van der Waals surface area contributed by atoms with Crippen LogP contribution >= 0.6 is 11.3 Å². The minimum atomic E-state index is -0.0360. The van der Waals surface area contributed by atoms with Gasteiger partial charge in [-0.05, 0) is 36.6 Å². The van der Waals surface area contributed by atoms with Crippen molar-refractivity contribution in [3.8, 4) is 0 Å². The number of nitrogens with one attached hydrogen (secondary N) is 1. The molecule has 0 spiro atoms. The zero-order valence-electron chi connectivity index (χ0n) is 16.6. The van der Waals surface area contributed by atoms with Gasteiger partial charge in [0, 0.05) is 43.2 Å². The van der Waals surface area contributed by atoms with Crippen LogP contribution < -0.4 is 5.32 Å². The standard InChI is InChI=1S/C21H26N4O3S/c1-24(12-17-14-29-20(22-17)13-25-7-9-28-10-8-25)21(27)16-5-6-18-15(11-16)3-2-4-19(26)23-18/h5-6,11,14H,2-4,7-10,12-13H2,1H3,(H,23,26). The van der Waals surface area contributed by atoms with Gasteiger partial charge in [-0.1, -0.05) is 0 Å². The van der Waals surface area contributed by atoms with Crippen LogP contribution in [0.15, 0.2) is 23.6 Å². The number of fused-ring (bicyclic) bond motifs is 1. The summed E-state index contributed by atoms with van der Waals surface area (Å²) >= 11 is 1.64. The molecule has 154 valence electrons. The van der Waals surface area contributed by atoms with E-state index in [4.69, 9.17) is 9.72 Å². The van der Waals surface area contributed by atoms with Gasteiger partial charge >= 0.3 is 0 Å². The fourth-order valence-electron chi connectivity index (χ4n) is 3.69. The Hall–Kier alpha value is -2.29. The van der Waals surface area contributed by atoms with Crippen molar-refractivity contribution in [2.75, 3.05) is 38.7 Å². The number of amides is 2. The van der Waals surface area contributed by atoms with Gasteiger partial charge in [0.25, 0.3) is 5.91 Å². The molecule has 0 unspecified atom stereocenters. The Bertz CT molecular complexity index is 892. The molecule has 1 N–H and O–H groups in total. The topological polar surface area (TPSA) is 74.8 Å². The van der Waals surface area contributed by atoms with Crippen molar-refractivity contribution in [3.63, 3.8) is 0 Å². The van der Waals surface area contributed by atoms with E-state index in [0.717, 1.165) is 67.6 Å². The van der Waals surface area contributed by atoms with E-state index in [2.05, 4.69) is 10.2 Å². The minimum absolute atomic E-state index is 0.0360. The molecule has 0 aliphatic carbocycles. The molecule has 2 aliphatic heterocycles. The molecule has 4 rings (SSSR count). The lowest BCUT2D eigenvalue weighted by Gasteiger charge is -2.25. The number of anilines is 1. The van der Waals surface area contributed by atoms with Crippen molar-refractivity contribution in [2.24, 2.45) is 0 Å². The van der Waals surface area contributed by atoms with Crippen LogP contribution in [-0.4, -0.2) is 59.9 Å². The summed E-state index contributed by atoms with van der Waals surface area (Å²) in [6.07, 6.45) is 2.13. The smallest absolute Gasteiger partial charge is 0.253 e. The number of benzene rings is 1. The first-order valence-corrected chi connectivity index (χ1v) is 10.9. The predicted octanol–water partition coefficient (Wildman–Crippen LogP) is 2.52. The second kappa shape index (κ2) is 9.02. The van der Waals surface area contributed by atoms with E-state index in [-0.39, 0.29) is 11.8 Å². The second-order valence-corrected chi connectivity index (χ2v) is 8.50.